The first-order valence-corrected chi connectivity index (χ1v) is 5.12. The monoisotopic (exact) mass is 201 g/mol. The summed E-state index contributed by atoms with van der Waals surface area (Å²) in [5, 5.41) is 0. The molecule has 1 unspecified atom stereocenters. The number of aryl methyl sites for hydroxylation is 1. The van der Waals surface area contributed by atoms with Crippen molar-refractivity contribution in [1.29, 1.82) is 0 Å². The van der Waals surface area contributed by atoms with E-state index in [4.69, 9.17) is 10.2 Å². The van der Waals surface area contributed by atoms with E-state index in [1.807, 2.05) is 37.3 Å². The van der Waals surface area contributed by atoms with E-state index in [0.29, 0.717) is 6.54 Å². The lowest BCUT2D eigenvalue weighted by molar-refractivity contribution is 0.464. The molecule has 0 aliphatic carbocycles. The molecule has 0 aliphatic heterocycles. The quantitative estimate of drug-likeness (QED) is 0.829. The van der Waals surface area contributed by atoms with Crippen LogP contribution in [0.2, 0.25) is 0 Å². The Labute approximate surface area is 89.7 Å². The van der Waals surface area contributed by atoms with Crippen molar-refractivity contribution in [2.45, 2.75) is 12.8 Å². The van der Waals surface area contributed by atoms with Gasteiger partial charge in [0.2, 0.25) is 0 Å². The summed E-state index contributed by atoms with van der Waals surface area (Å²) in [5.41, 5.74) is 6.99. The van der Waals surface area contributed by atoms with E-state index in [1.54, 1.807) is 0 Å². The number of furan rings is 1. The lowest BCUT2D eigenvalue weighted by Gasteiger charge is -2.12. The molecule has 0 saturated carbocycles. The van der Waals surface area contributed by atoms with E-state index in [1.165, 1.54) is 5.56 Å². The molecule has 0 aliphatic rings. The Hall–Kier alpha value is -1.54. The molecule has 2 rings (SSSR count). The molecule has 0 bridgehead atoms. The molecule has 0 spiro atoms. The average molecular weight is 201 g/mol. The fraction of sp³-hybridized carbons (Fsp3) is 0.231. The van der Waals surface area contributed by atoms with Gasteiger partial charge in [0.25, 0.3) is 0 Å². The van der Waals surface area contributed by atoms with Gasteiger partial charge >= 0.3 is 0 Å². The maximum atomic E-state index is 5.79. The summed E-state index contributed by atoms with van der Waals surface area (Å²) in [6.45, 7) is 2.51. The van der Waals surface area contributed by atoms with Crippen molar-refractivity contribution in [3.05, 3.63) is 59.5 Å². The van der Waals surface area contributed by atoms with Crippen LogP contribution in [0.4, 0.5) is 0 Å². The Morgan fingerprint density at radius 3 is 2.40 bits per heavy atom. The molecule has 1 atom stereocenters. The Bertz CT molecular complexity index is 419. The van der Waals surface area contributed by atoms with E-state index in [9.17, 15) is 0 Å². The van der Waals surface area contributed by atoms with Gasteiger partial charge in [-0.25, -0.2) is 0 Å². The second-order valence-electron chi connectivity index (χ2n) is 3.65. The molecule has 0 radical (unpaired) electrons. The molecule has 78 valence electrons. The minimum Gasteiger partial charge on any atom is -0.466 e. The number of rotatable bonds is 3. The van der Waals surface area contributed by atoms with Crippen LogP contribution in [0.1, 0.15) is 23.0 Å². The van der Waals surface area contributed by atoms with Gasteiger partial charge in [0, 0.05) is 6.54 Å². The molecule has 0 saturated heterocycles. The molecule has 2 heteroatoms. The highest BCUT2D eigenvalue weighted by Crippen LogP contribution is 2.24. The van der Waals surface area contributed by atoms with E-state index >= 15 is 0 Å². The fourth-order valence-electron chi connectivity index (χ4n) is 1.74. The van der Waals surface area contributed by atoms with Gasteiger partial charge < -0.3 is 10.2 Å². The van der Waals surface area contributed by atoms with Crippen LogP contribution in [0.3, 0.4) is 0 Å². The summed E-state index contributed by atoms with van der Waals surface area (Å²) in [7, 11) is 0. The summed E-state index contributed by atoms with van der Waals surface area (Å²) in [5.74, 6) is 2.04. The minimum absolute atomic E-state index is 0.167. The van der Waals surface area contributed by atoms with E-state index in [2.05, 4.69) is 12.1 Å². The SMILES string of the molecule is Cc1ccc(C(CN)c2ccccc2)o1. The van der Waals surface area contributed by atoms with Crippen LogP contribution < -0.4 is 5.73 Å². The average Bonchev–Trinajstić information content (AvgIpc) is 2.68. The van der Waals surface area contributed by atoms with Crippen molar-refractivity contribution in [3.63, 3.8) is 0 Å². The van der Waals surface area contributed by atoms with Gasteiger partial charge in [-0.2, -0.15) is 0 Å². The molecule has 0 fully saturated rings. The first-order chi connectivity index (χ1) is 7.31. The van der Waals surface area contributed by atoms with Crippen LogP contribution >= 0.6 is 0 Å². The van der Waals surface area contributed by atoms with Crippen molar-refractivity contribution in [2.75, 3.05) is 6.54 Å². The van der Waals surface area contributed by atoms with Crippen molar-refractivity contribution in [1.82, 2.24) is 0 Å². The Balaban J connectivity index is 2.33. The smallest absolute Gasteiger partial charge is 0.112 e. The van der Waals surface area contributed by atoms with Crippen LogP contribution in [0.25, 0.3) is 0 Å². The van der Waals surface area contributed by atoms with Crippen molar-refractivity contribution in [2.24, 2.45) is 5.73 Å². The predicted molar refractivity (Wildman–Crippen MR) is 60.8 cm³/mol. The van der Waals surface area contributed by atoms with Gasteiger partial charge in [0.1, 0.15) is 11.5 Å². The summed E-state index contributed by atoms with van der Waals surface area (Å²) in [6.07, 6.45) is 0. The zero-order chi connectivity index (χ0) is 10.7. The largest absolute Gasteiger partial charge is 0.466 e. The lowest BCUT2D eigenvalue weighted by atomic mass is 9.97. The highest BCUT2D eigenvalue weighted by atomic mass is 16.3. The van der Waals surface area contributed by atoms with Crippen molar-refractivity contribution < 1.29 is 4.42 Å². The second kappa shape index (κ2) is 4.32. The van der Waals surface area contributed by atoms with Crippen LogP contribution in [0, 0.1) is 6.92 Å². The molecule has 15 heavy (non-hydrogen) atoms. The standard InChI is InChI=1S/C13H15NO/c1-10-7-8-13(15-10)12(9-14)11-5-3-2-4-6-11/h2-8,12H,9,14H2,1H3. The third-order valence-electron chi connectivity index (χ3n) is 2.54. The molecule has 2 aromatic rings. The molecule has 2 N–H and O–H groups in total. The van der Waals surface area contributed by atoms with Gasteiger partial charge in [-0.15, -0.1) is 0 Å². The topological polar surface area (TPSA) is 39.2 Å². The molecular weight excluding hydrogens is 186 g/mol. The van der Waals surface area contributed by atoms with Gasteiger partial charge in [0.05, 0.1) is 5.92 Å². The predicted octanol–water partition coefficient (Wildman–Crippen LogP) is 2.68. The lowest BCUT2D eigenvalue weighted by Crippen LogP contribution is -2.12. The van der Waals surface area contributed by atoms with Crippen LogP contribution in [-0.2, 0) is 0 Å². The fourth-order valence-corrected chi connectivity index (χ4v) is 1.74. The maximum absolute atomic E-state index is 5.79. The molecule has 1 aromatic carbocycles. The summed E-state index contributed by atoms with van der Waals surface area (Å²) in [6, 6.07) is 14.2. The summed E-state index contributed by atoms with van der Waals surface area (Å²) >= 11 is 0. The molecule has 0 amide bonds. The first kappa shape index (κ1) is 9.99. The number of hydrogen-bond donors (Lipinski definition) is 1. The third kappa shape index (κ3) is 2.10. The van der Waals surface area contributed by atoms with Crippen molar-refractivity contribution >= 4 is 0 Å². The molecular formula is C13H15NO. The van der Waals surface area contributed by atoms with Gasteiger partial charge in [-0.1, -0.05) is 30.3 Å². The van der Waals surface area contributed by atoms with Gasteiger partial charge in [-0.05, 0) is 24.6 Å². The normalized spacial score (nSPS) is 12.7. The molecule has 1 heterocycles. The first-order valence-electron chi connectivity index (χ1n) is 5.12. The maximum Gasteiger partial charge on any atom is 0.112 e. The number of nitrogens with two attached hydrogens (primary N) is 1. The Morgan fingerprint density at radius 2 is 1.87 bits per heavy atom. The van der Waals surface area contributed by atoms with Crippen molar-refractivity contribution in [3.8, 4) is 0 Å². The number of hydrogen-bond acceptors (Lipinski definition) is 2. The van der Waals surface area contributed by atoms with E-state index in [-0.39, 0.29) is 5.92 Å². The van der Waals surface area contributed by atoms with E-state index in [0.717, 1.165) is 11.5 Å². The summed E-state index contributed by atoms with van der Waals surface area (Å²) < 4.78 is 5.61. The Kier molecular flexibility index (Phi) is 2.88. The van der Waals surface area contributed by atoms with Crippen LogP contribution in [0.15, 0.2) is 46.9 Å². The highest BCUT2D eigenvalue weighted by molar-refractivity contribution is 5.28. The molecule has 2 nitrogen and oxygen atoms in total. The number of benzene rings is 1. The minimum atomic E-state index is 0.167. The highest BCUT2D eigenvalue weighted by Gasteiger charge is 2.15. The zero-order valence-corrected chi connectivity index (χ0v) is 8.81. The van der Waals surface area contributed by atoms with Crippen LogP contribution in [0.5, 0.6) is 0 Å². The molecule has 1 aromatic heterocycles. The van der Waals surface area contributed by atoms with Gasteiger partial charge in [0.15, 0.2) is 0 Å². The third-order valence-corrected chi connectivity index (χ3v) is 2.54. The van der Waals surface area contributed by atoms with Gasteiger partial charge in [-0.3, -0.25) is 0 Å². The van der Waals surface area contributed by atoms with Crippen LogP contribution in [-0.4, -0.2) is 6.54 Å². The second-order valence-corrected chi connectivity index (χ2v) is 3.65. The summed E-state index contributed by atoms with van der Waals surface area (Å²) in [4.78, 5) is 0. The van der Waals surface area contributed by atoms with E-state index < -0.39 is 0 Å². The Morgan fingerprint density at radius 1 is 1.13 bits per heavy atom. The zero-order valence-electron chi connectivity index (χ0n) is 8.81.